The summed E-state index contributed by atoms with van der Waals surface area (Å²) in [5.74, 6) is -0.383. The maximum Gasteiger partial charge on any atom is 0.157 e. The Hall–Kier alpha value is -0.740. The molecule has 1 aromatic carbocycles. The molecule has 0 spiro atoms. The van der Waals surface area contributed by atoms with Crippen LogP contribution in [-0.4, -0.2) is 16.5 Å². The molecule has 0 amide bonds. The van der Waals surface area contributed by atoms with E-state index in [2.05, 4.69) is 10.2 Å². The van der Waals surface area contributed by atoms with E-state index < -0.39 is 0 Å². The zero-order chi connectivity index (χ0) is 9.42. The number of thioether (sulfide) groups is 1. The Bertz CT molecular complexity index is 455. The minimum atomic E-state index is -0.383. The molecule has 0 aliphatic carbocycles. The zero-order valence-electron chi connectivity index (χ0n) is 6.77. The highest BCUT2D eigenvalue weighted by molar-refractivity contribution is 7.98. The number of nitrogens with one attached hydrogen (secondary N) is 1. The molecule has 1 heterocycles. The van der Waals surface area contributed by atoms with Crippen molar-refractivity contribution in [3.05, 3.63) is 23.1 Å². The van der Waals surface area contributed by atoms with Crippen molar-refractivity contribution in [2.45, 2.75) is 4.90 Å². The van der Waals surface area contributed by atoms with Gasteiger partial charge in [-0.3, -0.25) is 5.10 Å². The number of H-pyrrole nitrogens is 1. The van der Waals surface area contributed by atoms with Gasteiger partial charge in [0.2, 0.25) is 0 Å². The van der Waals surface area contributed by atoms with Crippen LogP contribution in [0, 0.1) is 5.82 Å². The standard InChI is InChI=1S/C8H6ClFN2S/c1-13-8-6(10)5(9)2-4-3-11-12-7(4)8/h2-3H,1H3,(H,11,12). The Morgan fingerprint density at radius 1 is 1.62 bits per heavy atom. The van der Waals surface area contributed by atoms with Crippen molar-refractivity contribution in [3.63, 3.8) is 0 Å². The summed E-state index contributed by atoms with van der Waals surface area (Å²) < 4.78 is 13.4. The maximum absolute atomic E-state index is 13.4. The fourth-order valence-corrected chi connectivity index (χ4v) is 2.12. The highest BCUT2D eigenvalue weighted by Crippen LogP contribution is 2.32. The van der Waals surface area contributed by atoms with E-state index in [1.807, 2.05) is 0 Å². The van der Waals surface area contributed by atoms with Crippen molar-refractivity contribution < 1.29 is 4.39 Å². The van der Waals surface area contributed by atoms with Crippen LogP contribution >= 0.6 is 23.4 Å². The molecule has 0 aliphatic heterocycles. The molecule has 2 rings (SSSR count). The van der Waals surface area contributed by atoms with Gasteiger partial charge in [0.05, 0.1) is 21.6 Å². The molecule has 5 heteroatoms. The molecule has 2 aromatic rings. The molecular formula is C8H6ClFN2S. The van der Waals surface area contributed by atoms with E-state index in [-0.39, 0.29) is 10.8 Å². The lowest BCUT2D eigenvalue weighted by Gasteiger charge is -2.02. The Morgan fingerprint density at radius 3 is 3.08 bits per heavy atom. The summed E-state index contributed by atoms with van der Waals surface area (Å²) in [6, 6.07) is 1.56. The molecule has 68 valence electrons. The van der Waals surface area contributed by atoms with Gasteiger partial charge >= 0.3 is 0 Å². The zero-order valence-corrected chi connectivity index (χ0v) is 8.34. The first-order valence-electron chi connectivity index (χ1n) is 3.59. The van der Waals surface area contributed by atoms with Crippen LogP contribution in [0.5, 0.6) is 0 Å². The van der Waals surface area contributed by atoms with Crippen molar-refractivity contribution in [2.24, 2.45) is 0 Å². The Balaban J connectivity index is 2.87. The van der Waals surface area contributed by atoms with Crippen LogP contribution in [-0.2, 0) is 0 Å². The predicted molar refractivity (Wildman–Crippen MR) is 52.8 cm³/mol. The van der Waals surface area contributed by atoms with Gasteiger partial charge in [-0.15, -0.1) is 11.8 Å². The van der Waals surface area contributed by atoms with Gasteiger partial charge in [-0.25, -0.2) is 4.39 Å². The number of halogens is 2. The second-order valence-electron chi connectivity index (χ2n) is 2.54. The van der Waals surface area contributed by atoms with E-state index >= 15 is 0 Å². The van der Waals surface area contributed by atoms with Gasteiger partial charge in [-0.05, 0) is 12.3 Å². The highest BCUT2D eigenvalue weighted by atomic mass is 35.5. The second-order valence-corrected chi connectivity index (χ2v) is 3.76. The van der Waals surface area contributed by atoms with Gasteiger partial charge in [0, 0.05) is 5.39 Å². The van der Waals surface area contributed by atoms with Crippen LogP contribution < -0.4 is 0 Å². The number of benzene rings is 1. The number of hydrogen-bond acceptors (Lipinski definition) is 2. The van der Waals surface area contributed by atoms with Gasteiger partial charge in [-0.1, -0.05) is 11.6 Å². The average molecular weight is 217 g/mol. The van der Waals surface area contributed by atoms with Gasteiger partial charge in [0.15, 0.2) is 5.82 Å². The lowest BCUT2D eigenvalue weighted by atomic mass is 10.2. The summed E-state index contributed by atoms with van der Waals surface area (Å²) in [6.45, 7) is 0. The normalized spacial score (nSPS) is 11.0. The predicted octanol–water partition coefficient (Wildman–Crippen LogP) is 3.08. The van der Waals surface area contributed by atoms with E-state index in [1.165, 1.54) is 11.8 Å². The van der Waals surface area contributed by atoms with E-state index in [1.54, 1.807) is 18.5 Å². The average Bonchev–Trinajstić information content (AvgIpc) is 2.54. The summed E-state index contributed by atoms with van der Waals surface area (Å²) in [5, 5.41) is 7.53. The van der Waals surface area contributed by atoms with E-state index in [4.69, 9.17) is 11.6 Å². The fourth-order valence-electron chi connectivity index (χ4n) is 1.20. The summed E-state index contributed by atoms with van der Waals surface area (Å²) in [7, 11) is 0. The highest BCUT2D eigenvalue weighted by Gasteiger charge is 2.12. The molecule has 1 aromatic heterocycles. The first-order chi connectivity index (χ1) is 6.24. The largest absolute Gasteiger partial charge is 0.277 e. The quantitative estimate of drug-likeness (QED) is 0.743. The smallest absolute Gasteiger partial charge is 0.157 e. The van der Waals surface area contributed by atoms with Crippen LogP contribution in [0.2, 0.25) is 5.02 Å². The van der Waals surface area contributed by atoms with E-state index in [9.17, 15) is 4.39 Å². The van der Waals surface area contributed by atoms with Crippen LogP contribution in [0.1, 0.15) is 0 Å². The number of rotatable bonds is 1. The van der Waals surface area contributed by atoms with Gasteiger partial charge in [0.25, 0.3) is 0 Å². The number of fused-ring (bicyclic) bond motifs is 1. The molecule has 2 nitrogen and oxygen atoms in total. The van der Waals surface area contributed by atoms with Gasteiger partial charge < -0.3 is 0 Å². The molecule has 1 N–H and O–H groups in total. The van der Waals surface area contributed by atoms with Crippen LogP contribution in [0.3, 0.4) is 0 Å². The molecule has 0 aliphatic rings. The topological polar surface area (TPSA) is 28.7 Å². The first-order valence-corrected chi connectivity index (χ1v) is 5.19. The Labute approximate surface area is 83.5 Å². The third-order valence-corrected chi connectivity index (χ3v) is 2.86. The minimum absolute atomic E-state index is 0.137. The molecule has 0 saturated heterocycles. The first kappa shape index (κ1) is 8.84. The van der Waals surface area contributed by atoms with Gasteiger partial charge in [-0.2, -0.15) is 5.10 Å². The fraction of sp³-hybridized carbons (Fsp3) is 0.125. The van der Waals surface area contributed by atoms with Crippen molar-refractivity contribution in [1.82, 2.24) is 10.2 Å². The van der Waals surface area contributed by atoms with Crippen LogP contribution in [0.25, 0.3) is 10.9 Å². The molecule has 0 atom stereocenters. The molecule has 13 heavy (non-hydrogen) atoms. The molecule has 0 saturated carbocycles. The number of nitrogens with zero attached hydrogens (tertiary/aromatic N) is 1. The molecular weight excluding hydrogens is 211 g/mol. The van der Waals surface area contributed by atoms with Crippen molar-refractivity contribution in [1.29, 1.82) is 0 Å². The van der Waals surface area contributed by atoms with Crippen molar-refractivity contribution in [2.75, 3.05) is 6.26 Å². The lowest BCUT2D eigenvalue weighted by Crippen LogP contribution is -1.84. The number of hydrogen-bond donors (Lipinski definition) is 1. The third-order valence-electron chi connectivity index (χ3n) is 1.79. The molecule has 0 bridgehead atoms. The van der Waals surface area contributed by atoms with Crippen molar-refractivity contribution in [3.8, 4) is 0 Å². The van der Waals surface area contributed by atoms with Crippen LogP contribution in [0.4, 0.5) is 4.39 Å². The molecule has 0 fully saturated rings. The van der Waals surface area contributed by atoms with Crippen LogP contribution in [0.15, 0.2) is 17.2 Å². The summed E-state index contributed by atoms with van der Waals surface area (Å²) in [4.78, 5) is 0.514. The number of aromatic nitrogens is 2. The minimum Gasteiger partial charge on any atom is -0.277 e. The molecule has 0 radical (unpaired) electrons. The Morgan fingerprint density at radius 2 is 2.38 bits per heavy atom. The molecule has 0 unspecified atom stereocenters. The Kier molecular flexibility index (Phi) is 2.17. The monoisotopic (exact) mass is 216 g/mol. The summed E-state index contributed by atoms with van der Waals surface area (Å²) in [5.41, 5.74) is 0.703. The van der Waals surface area contributed by atoms with E-state index in [0.717, 1.165) is 5.39 Å². The number of aromatic amines is 1. The second kappa shape index (κ2) is 3.20. The SMILES string of the molecule is CSc1c(F)c(Cl)cc2cn[nH]c12. The third kappa shape index (κ3) is 1.30. The lowest BCUT2D eigenvalue weighted by molar-refractivity contribution is 0.605. The summed E-state index contributed by atoms with van der Waals surface area (Å²) in [6.07, 6.45) is 3.43. The van der Waals surface area contributed by atoms with E-state index in [0.29, 0.717) is 10.4 Å². The van der Waals surface area contributed by atoms with Gasteiger partial charge in [0.1, 0.15) is 0 Å². The summed E-state index contributed by atoms with van der Waals surface area (Å²) >= 11 is 7.01. The maximum atomic E-state index is 13.4. The van der Waals surface area contributed by atoms with Crippen molar-refractivity contribution >= 4 is 34.3 Å².